The summed E-state index contributed by atoms with van der Waals surface area (Å²) in [6.07, 6.45) is 0. The highest BCUT2D eigenvalue weighted by atomic mass is 35.5. The van der Waals surface area contributed by atoms with Crippen molar-refractivity contribution in [2.45, 2.75) is 6.61 Å². The lowest BCUT2D eigenvalue weighted by Crippen LogP contribution is -2.12. The van der Waals surface area contributed by atoms with E-state index in [1.807, 2.05) is 0 Å². The predicted molar refractivity (Wildman–Crippen MR) is 102 cm³/mol. The number of nitro groups is 1. The van der Waals surface area contributed by atoms with Crippen LogP contribution in [0.3, 0.4) is 0 Å². The van der Waals surface area contributed by atoms with E-state index in [2.05, 4.69) is 15.5 Å². The number of nitro benzene ring substituents is 1. The Hall–Kier alpha value is -2.75. The summed E-state index contributed by atoms with van der Waals surface area (Å²) in [5.41, 5.74) is -0.265. The molecule has 0 unspecified atom stereocenters. The third-order valence-electron chi connectivity index (χ3n) is 3.27. The van der Waals surface area contributed by atoms with Crippen LogP contribution in [0.2, 0.25) is 10.0 Å². The van der Waals surface area contributed by atoms with Crippen molar-refractivity contribution < 1.29 is 14.5 Å². The van der Waals surface area contributed by atoms with Gasteiger partial charge in [-0.05, 0) is 30.3 Å². The number of nitrogens with zero attached hydrogens (tertiary/aromatic N) is 3. The zero-order valence-electron chi connectivity index (χ0n) is 13.4. The number of carbonyl (C=O) groups excluding carboxylic acids is 1. The van der Waals surface area contributed by atoms with Crippen LogP contribution >= 0.6 is 34.5 Å². The zero-order chi connectivity index (χ0) is 19.4. The van der Waals surface area contributed by atoms with Gasteiger partial charge in [0.2, 0.25) is 5.13 Å². The molecule has 0 saturated heterocycles. The summed E-state index contributed by atoms with van der Waals surface area (Å²) < 4.78 is 5.55. The van der Waals surface area contributed by atoms with Crippen molar-refractivity contribution in [1.29, 1.82) is 0 Å². The molecule has 0 bridgehead atoms. The van der Waals surface area contributed by atoms with E-state index in [1.165, 1.54) is 12.1 Å². The minimum atomic E-state index is -0.620. The molecule has 3 aromatic rings. The molecule has 3 rings (SSSR count). The molecule has 0 fully saturated rings. The molecule has 0 spiro atoms. The number of non-ortho nitro benzene ring substituents is 1. The molecule has 8 nitrogen and oxygen atoms in total. The Morgan fingerprint density at radius 1 is 1.19 bits per heavy atom. The van der Waals surface area contributed by atoms with Crippen LogP contribution in [-0.4, -0.2) is 21.0 Å². The van der Waals surface area contributed by atoms with Crippen molar-refractivity contribution in [2.24, 2.45) is 0 Å². The van der Waals surface area contributed by atoms with Crippen LogP contribution in [0.15, 0.2) is 42.5 Å². The van der Waals surface area contributed by atoms with Gasteiger partial charge in [0.1, 0.15) is 12.4 Å². The molecule has 0 aliphatic carbocycles. The second-order valence-electron chi connectivity index (χ2n) is 5.12. The van der Waals surface area contributed by atoms with Crippen LogP contribution in [0.5, 0.6) is 5.75 Å². The van der Waals surface area contributed by atoms with E-state index in [9.17, 15) is 14.9 Å². The summed E-state index contributed by atoms with van der Waals surface area (Å²) in [5, 5.41) is 22.6. The maximum Gasteiger partial charge on any atom is 0.270 e. The number of benzene rings is 2. The van der Waals surface area contributed by atoms with E-state index < -0.39 is 10.8 Å². The second kappa shape index (κ2) is 8.30. The van der Waals surface area contributed by atoms with Gasteiger partial charge < -0.3 is 4.74 Å². The molecular formula is C16H10Cl2N4O4S. The van der Waals surface area contributed by atoms with Gasteiger partial charge in [-0.1, -0.05) is 34.5 Å². The number of hydrogen-bond acceptors (Lipinski definition) is 7. The van der Waals surface area contributed by atoms with Gasteiger partial charge in [0.05, 0.1) is 15.5 Å². The van der Waals surface area contributed by atoms with E-state index in [0.29, 0.717) is 15.8 Å². The second-order valence-corrected chi connectivity index (χ2v) is 7.02. The molecule has 0 atom stereocenters. The van der Waals surface area contributed by atoms with Gasteiger partial charge in [0.25, 0.3) is 11.6 Å². The fourth-order valence-corrected chi connectivity index (χ4v) is 2.98. The third-order valence-corrected chi connectivity index (χ3v) is 4.66. The molecule has 138 valence electrons. The van der Waals surface area contributed by atoms with E-state index >= 15 is 0 Å². The average molecular weight is 425 g/mol. The van der Waals surface area contributed by atoms with Crippen molar-refractivity contribution in [3.8, 4) is 5.75 Å². The van der Waals surface area contributed by atoms with Gasteiger partial charge in [-0.15, -0.1) is 10.2 Å². The highest BCUT2D eigenvalue weighted by Crippen LogP contribution is 2.24. The minimum absolute atomic E-state index is 0.0277. The lowest BCUT2D eigenvalue weighted by Gasteiger charge is -2.04. The van der Waals surface area contributed by atoms with Crippen molar-refractivity contribution in [3.05, 3.63) is 73.2 Å². The van der Waals surface area contributed by atoms with Crippen LogP contribution in [-0.2, 0) is 6.61 Å². The SMILES string of the molecule is O=C(Nc1nnc(COc2ccc(Cl)cc2)s1)c1cc([N+](=O)[O-])ccc1Cl. The van der Waals surface area contributed by atoms with Gasteiger partial charge in [0.15, 0.2) is 5.01 Å². The number of nitrogens with one attached hydrogen (secondary N) is 1. The summed E-state index contributed by atoms with van der Waals surface area (Å²) >= 11 is 12.9. The molecule has 2 aromatic carbocycles. The van der Waals surface area contributed by atoms with E-state index in [1.54, 1.807) is 24.3 Å². The summed E-state index contributed by atoms with van der Waals surface area (Å²) in [4.78, 5) is 22.5. The van der Waals surface area contributed by atoms with Crippen molar-refractivity contribution in [3.63, 3.8) is 0 Å². The lowest BCUT2D eigenvalue weighted by molar-refractivity contribution is -0.384. The summed E-state index contributed by atoms with van der Waals surface area (Å²) in [6.45, 7) is 0.159. The summed E-state index contributed by atoms with van der Waals surface area (Å²) in [7, 11) is 0. The average Bonchev–Trinajstić information content (AvgIpc) is 3.08. The van der Waals surface area contributed by atoms with Crippen LogP contribution < -0.4 is 10.1 Å². The normalized spacial score (nSPS) is 10.4. The Kier molecular flexibility index (Phi) is 5.84. The Morgan fingerprint density at radius 3 is 2.63 bits per heavy atom. The number of hydrogen-bond donors (Lipinski definition) is 1. The molecule has 1 N–H and O–H groups in total. The van der Waals surface area contributed by atoms with E-state index in [0.717, 1.165) is 17.4 Å². The molecule has 27 heavy (non-hydrogen) atoms. The Morgan fingerprint density at radius 2 is 1.93 bits per heavy atom. The van der Waals surface area contributed by atoms with Crippen molar-refractivity contribution in [2.75, 3.05) is 5.32 Å². The van der Waals surface area contributed by atoms with Crippen molar-refractivity contribution in [1.82, 2.24) is 10.2 Å². The first-order chi connectivity index (χ1) is 12.9. The Balaban J connectivity index is 1.65. The third kappa shape index (κ3) is 4.91. The summed E-state index contributed by atoms with van der Waals surface area (Å²) in [6, 6.07) is 10.4. The van der Waals surface area contributed by atoms with Crippen LogP contribution in [0.1, 0.15) is 15.4 Å². The minimum Gasteiger partial charge on any atom is -0.486 e. The molecule has 1 amide bonds. The largest absolute Gasteiger partial charge is 0.486 e. The maximum absolute atomic E-state index is 12.3. The summed E-state index contributed by atoms with van der Waals surface area (Å²) in [5.74, 6) is -0.00594. The quantitative estimate of drug-likeness (QED) is 0.458. The smallest absolute Gasteiger partial charge is 0.270 e. The van der Waals surface area contributed by atoms with E-state index in [-0.39, 0.29) is 28.0 Å². The zero-order valence-corrected chi connectivity index (χ0v) is 15.7. The topological polar surface area (TPSA) is 107 Å². The number of rotatable bonds is 6. The highest BCUT2D eigenvalue weighted by molar-refractivity contribution is 7.15. The number of carbonyl (C=O) groups is 1. The van der Waals surface area contributed by atoms with Gasteiger partial charge in [-0.3, -0.25) is 20.2 Å². The lowest BCUT2D eigenvalue weighted by atomic mass is 10.2. The molecular weight excluding hydrogens is 415 g/mol. The number of amides is 1. The molecule has 0 aliphatic heterocycles. The molecule has 1 heterocycles. The Bertz CT molecular complexity index is 994. The Labute approximate surface area is 166 Å². The molecule has 0 aliphatic rings. The molecule has 11 heteroatoms. The van der Waals surface area contributed by atoms with Gasteiger partial charge >= 0.3 is 0 Å². The van der Waals surface area contributed by atoms with Gasteiger partial charge in [0, 0.05) is 17.2 Å². The maximum atomic E-state index is 12.3. The fraction of sp³-hybridized carbons (Fsp3) is 0.0625. The number of anilines is 1. The molecule has 0 saturated carbocycles. The monoisotopic (exact) mass is 424 g/mol. The number of aromatic nitrogens is 2. The first-order valence-corrected chi connectivity index (χ1v) is 8.95. The molecule has 1 aromatic heterocycles. The first kappa shape index (κ1) is 19.0. The molecule has 0 radical (unpaired) electrons. The van der Waals surface area contributed by atoms with Crippen molar-refractivity contribution >= 4 is 51.3 Å². The first-order valence-electron chi connectivity index (χ1n) is 7.38. The number of halogens is 2. The predicted octanol–water partition coefficient (Wildman–Crippen LogP) is 4.58. The highest BCUT2D eigenvalue weighted by Gasteiger charge is 2.17. The van der Waals surface area contributed by atoms with Gasteiger partial charge in [-0.25, -0.2) is 0 Å². The standard InChI is InChI=1S/C16H10Cl2N4O4S/c17-9-1-4-11(5-2-9)26-8-14-20-21-16(27-14)19-15(23)12-7-10(22(24)25)3-6-13(12)18/h1-7H,8H2,(H,19,21,23). The van der Waals surface area contributed by atoms with E-state index in [4.69, 9.17) is 27.9 Å². The van der Waals surface area contributed by atoms with Crippen LogP contribution in [0, 0.1) is 10.1 Å². The number of ether oxygens (including phenoxy) is 1. The van der Waals surface area contributed by atoms with Crippen LogP contribution in [0.4, 0.5) is 10.8 Å². The van der Waals surface area contributed by atoms with Crippen LogP contribution in [0.25, 0.3) is 0 Å². The van der Waals surface area contributed by atoms with Gasteiger partial charge in [-0.2, -0.15) is 0 Å². The fourth-order valence-electron chi connectivity index (χ4n) is 2.00.